The van der Waals surface area contributed by atoms with E-state index in [1.54, 1.807) is 42.4 Å². The standard InChI is InChI=1S/C20H23N3O4/c1-13(2)17(14(3)25-4)12-23-11-16(10-21-23)22-20(24)15-5-6-18-19(9-15)27-8-7-26-18/h5-6,9-11H,1,7-8,12H2,2-4H3,(H,22,24)/b17-14-. The monoisotopic (exact) mass is 369 g/mol. The molecule has 1 amide bonds. The van der Waals surface area contributed by atoms with Crippen LogP contribution in [0, 0.1) is 0 Å². The zero-order chi connectivity index (χ0) is 19.4. The van der Waals surface area contributed by atoms with Gasteiger partial charge in [0.1, 0.15) is 13.2 Å². The smallest absolute Gasteiger partial charge is 0.255 e. The van der Waals surface area contributed by atoms with Crippen molar-refractivity contribution in [3.63, 3.8) is 0 Å². The second-order valence-corrected chi connectivity index (χ2v) is 6.26. The van der Waals surface area contributed by atoms with E-state index in [1.165, 1.54) is 0 Å². The van der Waals surface area contributed by atoms with Crippen molar-refractivity contribution in [2.45, 2.75) is 20.4 Å². The molecule has 2 aromatic rings. The number of hydrogen-bond acceptors (Lipinski definition) is 5. The summed E-state index contributed by atoms with van der Waals surface area (Å²) in [5, 5.41) is 7.14. The van der Waals surface area contributed by atoms with Crippen LogP contribution in [0.5, 0.6) is 11.5 Å². The van der Waals surface area contributed by atoms with Crippen LogP contribution in [-0.4, -0.2) is 36.0 Å². The molecule has 0 unspecified atom stereocenters. The van der Waals surface area contributed by atoms with Crippen molar-refractivity contribution in [3.8, 4) is 11.5 Å². The van der Waals surface area contributed by atoms with Crippen molar-refractivity contribution in [3.05, 3.63) is 59.6 Å². The Labute approximate surface area is 158 Å². The molecule has 0 fully saturated rings. The summed E-state index contributed by atoms with van der Waals surface area (Å²) < 4.78 is 18.0. The van der Waals surface area contributed by atoms with Gasteiger partial charge < -0.3 is 19.5 Å². The number of nitrogens with zero attached hydrogens (tertiary/aromatic N) is 2. The molecule has 1 aliphatic rings. The van der Waals surface area contributed by atoms with Gasteiger partial charge in [-0.3, -0.25) is 9.48 Å². The molecule has 7 nitrogen and oxygen atoms in total. The van der Waals surface area contributed by atoms with Crippen LogP contribution in [0.25, 0.3) is 0 Å². The molecule has 7 heteroatoms. The maximum atomic E-state index is 12.5. The van der Waals surface area contributed by atoms with Gasteiger partial charge in [0, 0.05) is 17.3 Å². The predicted octanol–water partition coefficient (Wildman–Crippen LogP) is 3.40. The number of aromatic nitrogens is 2. The van der Waals surface area contributed by atoms with Gasteiger partial charge in [-0.2, -0.15) is 5.10 Å². The second-order valence-electron chi connectivity index (χ2n) is 6.26. The van der Waals surface area contributed by atoms with E-state index in [1.807, 2.05) is 13.8 Å². The average molecular weight is 369 g/mol. The van der Waals surface area contributed by atoms with Gasteiger partial charge in [0.05, 0.1) is 31.3 Å². The third kappa shape index (κ3) is 4.31. The van der Waals surface area contributed by atoms with Gasteiger partial charge >= 0.3 is 0 Å². The lowest BCUT2D eigenvalue weighted by Crippen LogP contribution is -2.17. The largest absolute Gasteiger partial charge is 0.501 e. The van der Waals surface area contributed by atoms with Crippen LogP contribution in [0.1, 0.15) is 24.2 Å². The number of ether oxygens (including phenoxy) is 3. The van der Waals surface area contributed by atoms with Crippen molar-refractivity contribution in [1.29, 1.82) is 0 Å². The number of nitrogens with one attached hydrogen (secondary N) is 1. The number of hydrogen-bond donors (Lipinski definition) is 1. The van der Waals surface area contributed by atoms with Gasteiger partial charge in [-0.1, -0.05) is 6.58 Å². The summed E-state index contributed by atoms with van der Waals surface area (Å²) in [5.41, 5.74) is 2.97. The SMILES string of the molecule is C=C(C)/C(Cn1cc(NC(=O)c2ccc3c(c2)OCCO3)cn1)=C(/C)OC. The van der Waals surface area contributed by atoms with E-state index in [0.717, 1.165) is 16.9 Å². The number of methoxy groups -OCH3 is 1. The molecule has 142 valence electrons. The van der Waals surface area contributed by atoms with E-state index < -0.39 is 0 Å². The molecule has 1 aliphatic heterocycles. The molecule has 1 aromatic carbocycles. The lowest BCUT2D eigenvalue weighted by Gasteiger charge is -2.18. The Morgan fingerprint density at radius 2 is 2.04 bits per heavy atom. The third-order valence-corrected chi connectivity index (χ3v) is 4.26. The van der Waals surface area contributed by atoms with Gasteiger partial charge in [0.15, 0.2) is 11.5 Å². The molecule has 3 rings (SSSR count). The molecule has 0 bridgehead atoms. The van der Waals surface area contributed by atoms with Crippen molar-refractivity contribution in [2.75, 3.05) is 25.6 Å². The van der Waals surface area contributed by atoms with E-state index in [0.29, 0.717) is 42.5 Å². The van der Waals surface area contributed by atoms with Gasteiger partial charge in [-0.25, -0.2) is 0 Å². The lowest BCUT2D eigenvalue weighted by atomic mass is 10.1. The number of carbonyl (C=O) groups excluding carboxylic acids is 1. The number of benzene rings is 1. The Morgan fingerprint density at radius 1 is 1.30 bits per heavy atom. The predicted molar refractivity (Wildman–Crippen MR) is 102 cm³/mol. The first-order valence-corrected chi connectivity index (χ1v) is 8.61. The van der Waals surface area contributed by atoms with E-state index in [4.69, 9.17) is 14.2 Å². The lowest BCUT2D eigenvalue weighted by molar-refractivity contribution is 0.102. The maximum Gasteiger partial charge on any atom is 0.255 e. The number of carbonyl (C=O) groups is 1. The van der Waals surface area contributed by atoms with Gasteiger partial charge in [0.2, 0.25) is 0 Å². The van der Waals surface area contributed by atoms with Crippen LogP contribution in [-0.2, 0) is 11.3 Å². The zero-order valence-corrected chi connectivity index (χ0v) is 15.7. The fourth-order valence-electron chi connectivity index (χ4n) is 2.73. The summed E-state index contributed by atoms with van der Waals surface area (Å²) >= 11 is 0. The Bertz CT molecular complexity index is 898. The fraction of sp³-hybridized carbons (Fsp3) is 0.300. The van der Waals surface area contributed by atoms with Crippen molar-refractivity contribution in [2.24, 2.45) is 0 Å². The van der Waals surface area contributed by atoms with Crippen LogP contribution < -0.4 is 14.8 Å². The molecule has 1 N–H and O–H groups in total. The molecule has 0 atom stereocenters. The Morgan fingerprint density at radius 3 is 2.74 bits per heavy atom. The van der Waals surface area contributed by atoms with Crippen molar-refractivity contribution in [1.82, 2.24) is 9.78 Å². The summed E-state index contributed by atoms with van der Waals surface area (Å²) in [7, 11) is 1.63. The summed E-state index contributed by atoms with van der Waals surface area (Å²) in [6.45, 7) is 9.29. The van der Waals surface area contributed by atoms with Crippen LogP contribution in [0.4, 0.5) is 5.69 Å². The molecule has 0 radical (unpaired) electrons. The molecule has 2 heterocycles. The van der Waals surface area contributed by atoms with Crippen LogP contribution in [0.3, 0.4) is 0 Å². The first-order chi connectivity index (χ1) is 13.0. The second kappa shape index (κ2) is 7.99. The van der Waals surface area contributed by atoms with Gasteiger partial charge in [-0.05, 0) is 37.6 Å². The van der Waals surface area contributed by atoms with E-state index in [9.17, 15) is 4.79 Å². The highest BCUT2D eigenvalue weighted by atomic mass is 16.6. The molecule has 27 heavy (non-hydrogen) atoms. The highest BCUT2D eigenvalue weighted by Gasteiger charge is 2.15. The van der Waals surface area contributed by atoms with Crippen LogP contribution in [0.2, 0.25) is 0 Å². The Balaban J connectivity index is 1.70. The Kier molecular flexibility index (Phi) is 5.49. The molecule has 0 saturated carbocycles. The molecule has 0 aliphatic carbocycles. The average Bonchev–Trinajstić information content (AvgIpc) is 3.11. The zero-order valence-electron chi connectivity index (χ0n) is 15.7. The minimum Gasteiger partial charge on any atom is -0.501 e. The van der Waals surface area contributed by atoms with Crippen molar-refractivity contribution >= 4 is 11.6 Å². The van der Waals surface area contributed by atoms with Crippen LogP contribution in [0.15, 0.2) is 54.1 Å². The summed E-state index contributed by atoms with van der Waals surface area (Å²) in [4.78, 5) is 12.5. The summed E-state index contributed by atoms with van der Waals surface area (Å²) in [6.07, 6.45) is 3.37. The number of anilines is 1. The fourth-order valence-corrected chi connectivity index (χ4v) is 2.73. The normalized spacial score (nSPS) is 13.6. The highest BCUT2D eigenvalue weighted by molar-refractivity contribution is 6.04. The van der Waals surface area contributed by atoms with E-state index >= 15 is 0 Å². The molecular formula is C20H23N3O4. The summed E-state index contributed by atoms with van der Waals surface area (Å²) in [5.74, 6) is 1.78. The number of allylic oxidation sites excluding steroid dienone is 3. The van der Waals surface area contributed by atoms with E-state index in [2.05, 4.69) is 17.0 Å². The number of rotatable bonds is 6. The first kappa shape index (κ1) is 18.6. The minimum absolute atomic E-state index is 0.240. The minimum atomic E-state index is -0.240. The molecule has 0 saturated heterocycles. The highest BCUT2D eigenvalue weighted by Crippen LogP contribution is 2.31. The van der Waals surface area contributed by atoms with Gasteiger partial charge in [0.25, 0.3) is 5.91 Å². The first-order valence-electron chi connectivity index (χ1n) is 8.61. The van der Waals surface area contributed by atoms with Gasteiger partial charge in [-0.15, -0.1) is 0 Å². The number of fused-ring (bicyclic) bond motifs is 1. The summed E-state index contributed by atoms with van der Waals surface area (Å²) in [6, 6.07) is 5.12. The van der Waals surface area contributed by atoms with Crippen molar-refractivity contribution < 1.29 is 19.0 Å². The Hall–Kier alpha value is -3.22. The molecule has 0 spiro atoms. The van der Waals surface area contributed by atoms with E-state index in [-0.39, 0.29) is 5.91 Å². The quantitative estimate of drug-likeness (QED) is 0.624. The molecular weight excluding hydrogens is 346 g/mol. The maximum absolute atomic E-state index is 12.5. The third-order valence-electron chi connectivity index (χ3n) is 4.26. The van der Waals surface area contributed by atoms with Crippen LogP contribution >= 0.6 is 0 Å². The number of amides is 1. The molecule has 1 aromatic heterocycles. The topological polar surface area (TPSA) is 74.6 Å².